The Labute approximate surface area is 139 Å². The van der Waals surface area contributed by atoms with E-state index in [-0.39, 0.29) is 12.6 Å². The van der Waals surface area contributed by atoms with Gasteiger partial charge in [0.2, 0.25) is 0 Å². The molecule has 1 N–H and O–H groups in total. The highest BCUT2D eigenvalue weighted by molar-refractivity contribution is 7.09. The Morgan fingerprint density at radius 3 is 2.50 bits per heavy atom. The highest BCUT2D eigenvalue weighted by Crippen LogP contribution is 2.23. The molecule has 1 fully saturated rings. The van der Waals surface area contributed by atoms with Crippen molar-refractivity contribution in [2.24, 2.45) is 0 Å². The van der Waals surface area contributed by atoms with Crippen molar-refractivity contribution < 1.29 is 5.11 Å². The molecule has 22 heavy (non-hydrogen) atoms. The molecule has 0 spiro atoms. The van der Waals surface area contributed by atoms with Gasteiger partial charge in [-0.05, 0) is 17.7 Å². The molecule has 0 radical (unpaired) electrons. The Balaban J connectivity index is 1.58. The lowest BCUT2D eigenvalue weighted by Gasteiger charge is -2.38. The number of benzene rings is 1. The highest BCUT2D eigenvalue weighted by atomic mass is 35.5. The summed E-state index contributed by atoms with van der Waals surface area (Å²) in [4.78, 5) is 4.72. The third-order valence-corrected chi connectivity index (χ3v) is 4.97. The van der Waals surface area contributed by atoms with E-state index in [2.05, 4.69) is 20.0 Å². The van der Waals surface area contributed by atoms with Crippen molar-refractivity contribution >= 4 is 22.9 Å². The van der Waals surface area contributed by atoms with Crippen LogP contribution in [0.3, 0.4) is 0 Å². The van der Waals surface area contributed by atoms with Gasteiger partial charge >= 0.3 is 0 Å². The Morgan fingerprint density at radius 2 is 1.91 bits per heavy atom. The van der Waals surface area contributed by atoms with Crippen molar-refractivity contribution in [3.63, 3.8) is 0 Å². The summed E-state index contributed by atoms with van der Waals surface area (Å²) >= 11 is 7.54. The maximum Gasteiger partial charge on any atom is 0.131 e. The van der Waals surface area contributed by atoms with Gasteiger partial charge in [-0.1, -0.05) is 23.7 Å². The fourth-order valence-corrected chi connectivity index (χ4v) is 3.50. The van der Waals surface area contributed by atoms with E-state index in [1.165, 1.54) is 0 Å². The summed E-state index contributed by atoms with van der Waals surface area (Å²) in [6, 6.07) is 7.80. The van der Waals surface area contributed by atoms with Gasteiger partial charge in [-0.15, -0.1) is 21.5 Å². The molecule has 7 heteroatoms. The van der Waals surface area contributed by atoms with E-state index in [4.69, 9.17) is 11.6 Å². The molecule has 1 aromatic carbocycles. The van der Waals surface area contributed by atoms with Gasteiger partial charge in [0.25, 0.3) is 0 Å². The molecule has 5 nitrogen and oxygen atoms in total. The van der Waals surface area contributed by atoms with Crippen molar-refractivity contribution in [2.45, 2.75) is 12.6 Å². The monoisotopic (exact) mass is 338 g/mol. The lowest BCUT2D eigenvalue weighted by Crippen LogP contribution is -2.47. The number of nitrogens with zero attached hydrogens (tertiary/aromatic N) is 4. The minimum absolute atomic E-state index is 0.0425. The second-order valence-corrected chi connectivity index (χ2v) is 6.75. The number of hydrogen-bond donors (Lipinski definition) is 1. The molecular weight excluding hydrogens is 320 g/mol. The molecule has 118 valence electrons. The molecule has 1 atom stereocenters. The first-order valence-corrected chi connectivity index (χ1v) is 8.60. The summed E-state index contributed by atoms with van der Waals surface area (Å²) in [5.74, 6) is 0. The standard InChI is InChI=1S/C15H19ClN4OS/c16-13-3-1-12(2-4-13)14(10-21)20-7-5-19(6-8-20)9-15-18-17-11-22-15/h1-4,11,14,21H,5-10H2/t14-/m0/s1. The van der Waals surface area contributed by atoms with Gasteiger partial charge in [0.1, 0.15) is 10.5 Å². The normalized spacial score (nSPS) is 18.5. The van der Waals surface area contributed by atoms with E-state index in [1.54, 1.807) is 16.8 Å². The van der Waals surface area contributed by atoms with Crippen molar-refractivity contribution in [2.75, 3.05) is 32.8 Å². The number of hydrogen-bond acceptors (Lipinski definition) is 6. The predicted octanol–water partition coefficient (Wildman–Crippen LogP) is 2.04. The zero-order valence-corrected chi connectivity index (χ0v) is 13.8. The van der Waals surface area contributed by atoms with Crippen LogP contribution in [-0.2, 0) is 6.54 Å². The SMILES string of the molecule is OC[C@@H](c1ccc(Cl)cc1)N1CCN(Cc2nncs2)CC1. The van der Waals surface area contributed by atoms with E-state index in [0.29, 0.717) is 0 Å². The van der Waals surface area contributed by atoms with Gasteiger partial charge in [0.15, 0.2) is 0 Å². The molecule has 0 saturated carbocycles. The lowest BCUT2D eigenvalue weighted by molar-refractivity contribution is 0.0620. The first-order chi connectivity index (χ1) is 10.8. The Hall–Kier alpha value is -1.05. The zero-order valence-electron chi connectivity index (χ0n) is 12.2. The Morgan fingerprint density at radius 1 is 1.18 bits per heavy atom. The zero-order chi connectivity index (χ0) is 15.4. The first kappa shape index (κ1) is 15.8. The first-order valence-electron chi connectivity index (χ1n) is 7.34. The number of aliphatic hydroxyl groups is 1. The molecule has 0 bridgehead atoms. The Bertz CT molecular complexity index is 570. The highest BCUT2D eigenvalue weighted by Gasteiger charge is 2.24. The molecule has 0 unspecified atom stereocenters. The second-order valence-electron chi connectivity index (χ2n) is 5.39. The molecule has 2 aromatic rings. The average Bonchev–Trinajstić information content (AvgIpc) is 3.04. The van der Waals surface area contributed by atoms with Gasteiger partial charge in [-0.25, -0.2) is 0 Å². The van der Waals surface area contributed by atoms with Gasteiger partial charge in [-0.2, -0.15) is 0 Å². The quantitative estimate of drug-likeness (QED) is 0.904. The summed E-state index contributed by atoms with van der Waals surface area (Å²) in [5, 5.41) is 19.5. The molecule has 0 amide bonds. The number of aliphatic hydroxyl groups excluding tert-OH is 1. The van der Waals surface area contributed by atoms with Crippen LogP contribution in [0.4, 0.5) is 0 Å². The third-order valence-electron chi connectivity index (χ3n) is 4.04. The minimum atomic E-state index is 0.0425. The van der Waals surface area contributed by atoms with Gasteiger partial charge in [0, 0.05) is 31.2 Å². The largest absolute Gasteiger partial charge is 0.394 e. The maximum absolute atomic E-state index is 9.77. The predicted molar refractivity (Wildman–Crippen MR) is 88.0 cm³/mol. The van der Waals surface area contributed by atoms with E-state index >= 15 is 0 Å². The lowest BCUT2D eigenvalue weighted by atomic mass is 10.1. The van der Waals surface area contributed by atoms with Crippen LogP contribution in [0.15, 0.2) is 29.8 Å². The maximum atomic E-state index is 9.77. The van der Waals surface area contributed by atoms with E-state index < -0.39 is 0 Å². The van der Waals surface area contributed by atoms with Gasteiger partial charge in [-0.3, -0.25) is 9.80 Å². The van der Waals surface area contributed by atoms with Crippen LogP contribution in [0.1, 0.15) is 16.6 Å². The van der Waals surface area contributed by atoms with Crippen LogP contribution in [0, 0.1) is 0 Å². The number of halogens is 1. The molecule has 1 saturated heterocycles. The molecule has 1 aromatic heterocycles. The number of piperazine rings is 1. The summed E-state index contributed by atoms with van der Waals surface area (Å²) in [6.07, 6.45) is 0. The summed E-state index contributed by atoms with van der Waals surface area (Å²) in [7, 11) is 0. The summed E-state index contributed by atoms with van der Waals surface area (Å²) < 4.78 is 0. The molecule has 0 aliphatic carbocycles. The van der Waals surface area contributed by atoms with Crippen molar-refractivity contribution in [3.8, 4) is 0 Å². The Kier molecular flexibility index (Phi) is 5.38. The molecule has 2 heterocycles. The van der Waals surface area contributed by atoms with E-state index in [1.807, 2.05) is 24.3 Å². The van der Waals surface area contributed by atoms with E-state index in [9.17, 15) is 5.11 Å². The van der Waals surface area contributed by atoms with Crippen LogP contribution in [0.5, 0.6) is 0 Å². The van der Waals surface area contributed by atoms with Crippen LogP contribution in [0.2, 0.25) is 5.02 Å². The topological polar surface area (TPSA) is 52.5 Å². The van der Waals surface area contributed by atoms with Crippen molar-refractivity contribution in [1.29, 1.82) is 0 Å². The summed E-state index contributed by atoms with van der Waals surface area (Å²) in [6.45, 7) is 4.81. The fourth-order valence-electron chi connectivity index (χ4n) is 2.81. The average molecular weight is 339 g/mol. The van der Waals surface area contributed by atoms with Crippen molar-refractivity contribution in [1.82, 2.24) is 20.0 Å². The smallest absolute Gasteiger partial charge is 0.131 e. The van der Waals surface area contributed by atoms with Crippen LogP contribution >= 0.6 is 22.9 Å². The van der Waals surface area contributed by atoms with E-state index in [0.717, 1.165) is 48.3 Å². The number of aromatic nitrogens is 2. The van der Waals surface area contributed by atoms with Gasteiger partial charge < -0.3 is 5.11 Å². The van der Waals surface area contributed by atoms with Crippen LogP contribution in [0.25, 0.3) is 0 Å². The molecular formula is C15H19ClN4OS. The van der Waals surface area contributed by atoms with Crippen LogP contribution in [-0.4, -0.2) is 57.9 Å². The number of rotatable bonds is 5. The minimum Gasteiger partial charge on any atom is -0.394 e. The molecule has 3 rings (SSSR count). The summed E-state index contributed by atoms with van der Waals surface area (Å²) in [5.41, 5.74) is 2.89. The fraction of sp³-hybridized carbons (Fsp3) is 0.467. The third kappa shape index (κ3) is 3.83. The molecule has 1 aliphatic heterocycles. The molecule has 1 aliphatic rings. The van der Waals surface area contributed by atoms with Crippen LogP contribution < -0.4 is 0 Å². The van der Waals surface area contributed by atoms with Gasteiger partial charge in [0.05, 0.1) is 19.2 Å². The van der Waals surface area contributed by atoms with Crippen molar-refractivity contribution in [3.05, 3.63) is 45.4 Å². The second kappa shape index (κ2) is 7.48.